The van der Waals surface area contributed by atoms with E-state index in [0.717, 1.165) is 12.0 Å². The molecule has 1 aliphatic heterocycles. The van der Waals surface area contributed by atoms with Gasteiger partial charge in [-0.25, -0.2) is 4.79 Å². The van der Waals surface area contributed by atoms with Gasteiger partial charge in [0, 0.05) is 17.6 Å². The van der Waals surface area contributed by atoms with E-state index in [-0.39, 0.29) is 11.5 Å². The van der Waals surface area contributed by atoms with Crippen molar-refractivity contribution in [1.29, 1.82) is 0 Å². The van der Waals surface area contributed by atoms with Crippen LogP contribution in [-0.2, 0) is 11.3 Å². The lowest BCUT2D eigenvalue weighted by Crippen LogP contribution is -2.31. The number of hydrogen-bond acceptors (Lipinski definition) is 5. The van der Waals surface area contributed by atoms with E-state index in [9.17, 15) is 4.79 Å². The normalized spacial score (nSPS) is 18.4. The Morgan fingerprint density at radius 3 is 2.95 bits per heavy atom. The van der Waals surface area contributed by atoms with Gasteiger partial charge in [-0.3, -0.25) is 0 Å². The van der Waals surface area contributed by atoms with Gasteiger partial charge in [0.05, 0.1) is 12.7 Å². The van der Waals surface area contributed by atoms with Gasteiger partial charge >= 0.3 is 5.97 Å². The van der Waals surface area contributed by atoms with Gasteiger partial charge < -0.3 is 15.4 Å². The molecule has 0 aromatic heterocycles. The van der Waals surface area contributed by atoms with Crippen molar-refractivity contribution < 1.29 is 9.53 Å². The number of carbonyl (C=O) groups excluding carboxylic acids is 1. The maximum Gasteiger partial charge on any atom is 0.337 e. The first-order valence-electron chi connectivity index (χ1n) is 6.20. The molecule has 102 valence electrons. The number of allylic oxidation sites excluding steroid dienone is 1. The van der Waals surface area contributed by atoms with E-state index in [4.69, 9.17) is 10.5 Å². The summed E-state index contributed by atoms with van der Waals surface area (Å²) in [5, 5.41) is 0. The number of nitrogens with zero attached hydrogens (tertiary/aromatic N) is 1. The molecule has 0 saturated heterocycles. The van der Waals surface area contributed by atoms with Crippen LogP contribution in [0.3, 0.4) is 0 Å². The first-order valence-corrected chi connectivity index (χ1v) is 7.08. The first-order chi connectivity index (χ1) is 9.13. The highest BCUT2D eigenvalue weighted by Gasteiger charge is 2.21. The summed E-state index contributed by atoms with van der Waals surface area (Å²) in [7, 11) is 1.39. The average molecular weight is 278 g/mol. The molecule has 0 radical (unpaired) electrons. The second kappa shape index (κ2) is 6.12. The van der Waals surface area contributed by atoms with Gasteiger partial charge in [0.2, 0.25) is 0 Å². The van der Waals surface area contributed by atoms with Crippen molar-refractivity contribution in [2.75, 3.05) is 7.11 Å². The number of carbonyl (C=O) groups is 1. The monoisotopic (exact) mass is 278 g/mol. The lowest BCUT2D eigenvalue weighted by atomic mass is 10.1. The van der Waals surface area contributed by atoms with E-state index in [2.05, 4.69) is 18.0 Å². The highest BCUT2D eigenvalue weighted by molar-refractivity contribution is 8.03. The molecule has 0 aliphatic carbocycles. The molecule has 0 fully saturated rings. The molecular formula is C14H18N2O2S. The first kappa shape index (κ1) is 14.0. The summed E-state index contributed by atoms with van der Waals surface area (Å²) in [6, 6.07) is 7.45. The minimum atomic E-state index is -0.313. The lowest BCUT2D eigenvalue weighted by molar-refractivity contribution is 0.0600. The molecule has 1 unspecified atom stereocenters. The van der Waals surface area contributed by atoms with E-state index < -0.39 is 0 Å². The minimum Gasteiger partial charge on any atom is -0.465 e. The Morgan fingerprint density at radius 2 is 2.32 bits per heavy atom. The molecule has 0 amide bonds. The van der Waals surface area contributed by atoms with Crippen LogP contribution in [-0.4, -0.2) is 23.5 Å². The highest BCUT2D eigenvalue weighted by Crippen LogP contribution is 2.32. The third-order valence-electron chi connectivity index (χ3n) is 2.97. The van der Waals surface area contributed by atoms with Crippen LogP contribution in [0.1, 0.15) is 29.3 Å². The molecule has 4 nitrogen and oxygen atoms in total. The third kappa shape index (κ3) is 3.30. The van der Waals surface area contributed by atoms with Gasteiger partial charge in [-0.1, -0.05) is 30.8 Å². The lowest BCUT2D eigenvalue weighted by Gasteiger charge is -2.21. The van der Waals surface area contributed by atoms with E-state index in [1.807, 2.05) is 18.2 Å². The third-order valence-corrected chi connectivity index (χ3v) is 4.18. The molecular weight excluding hydrogens is 260 g/mol. The number of methoxy groups -OCH3 is 1. The quantitative estimate of drug-likeness (QED) is 0.858. The second-order valence-corrected chi connectivity index (χ2v) is 5.56. The zero-order valence-corrected chi connectivity index (χ0v) is 11.9. The number of thioether (sulfide) groups is 1. The molecule has 5 heteroatoms. The number of nitrogens with two attached hydrogens (primary N) is 1. The van der Waals surface area contributed by atoms with Gasteiger partial charge in [-0.15, -0.1) is 0 Å². The van der Waals surface area contributed by atoms with Crippen molar-refractivity contribution in [3.8, 4) is 0 Å². The average Bonchev–Trinajstić information content (AvgIpc) is 2.79. The predicted molar refractivity (Wildman–Crippen MR) is 77.3 cm³/mol. The van der Waals surface area contributed by atoms with Crippen LogP contribution in [0.4, 0.5) is 0 Å². The molecule has 2 N–H and O–H groups in total. The number of benzene rings is 1. The molecule has 1 aliphatic rings. The summed E-state index contributed by atoms with van der Waals surface area (Å²) in [6.45, 7) is 2.81. The van der Waals surface area contributed by atoms with E-state index >= 15 is 0 Å². The molecule has 0 spiro atoms. The fourth-order valence-electron chi connectivity index (χ4n) is 1.95. The van der Waals surface area contributed by atoms with Gasteiger partial charge in [0.1, 0.15) is 5.50 Å². The van der Waals surface area contributed by atoms with Crippen molar-refractivity contribution in [2.24, 2.45) is 5.73 Å². The summed E-state index contributed by atoms with van der Waals surface area (Å²) in [5.41, 5.74) is 7.64. The predicted octanol–water partition coefficient (Wildman–Crippen LogP) is 2.52. The molecule has 0 saturated carbocycles. The fraction of sp³-hybridized carbons (Fsp3) is 0.357. The number of rotatable bonds is 4. The molecule has 1 aromatic carbocycles. The molecule has 1 heterocycles. The van der Waals surface area contributed by atoms with Crippen LogP contribution in [0.2, 0.25) is 0 Å². The van der Waals surface area contributed by atoms with Gasteiger partial charge in [-0.05, 0) is 24.1 Å². The Labute approximate surface area is 117 Å². The minimum absolute atomic E-state index is 0.0447. The summed E-state index contributed by atoms with van der Waals surface area (Å²) >= 11 is 1.68. The van der Waals surface area contributed by atoms with E-state index in [0.29, 0.717) is 12.1 Å². The largest absolute Gasteiger partial charge is 0.465 e. The smallest absolute Gasteiger partial charge is 0.337 e. The molecule has 1 atom stereocenters. The zero-order chi connectivity index (χ0) is 13.8. The van der Waals surface area contributed by atoms with Crippen LogP contribution in [0, 0.1) is 0 Å². The van der Waals surface area contributed by atoms with Gasteiger partial charge in [-0.2, -0.15) is 0 Å². The fourth-order valence-corrected chi connectivity index (χ4v) is 2.89. The van der Waals surface area contributed by atoms with Crippen molar-refractivity contribution in [2.45, 2.75) is 25.4 Å². The summed E-state index contributed by atoms with van der Waals surface area (Å²) < 4.78 is 4.72. The van der Waals surface area contributed by atoms with Crippen LogP contribution in [0.15, 0.2) is 35.4 Å². The number of ether oxygens (including phenoxy) is 1. The Hall–Kier alpha value is -1.46. The molecule has 19 heavy (non-hydrogen) atoms. The van der Waals surface area contributed by atoms with Crippen LogP contribution < -0.4 is 5.73 Å². The van der Waals surface area contributed by atoms with Crippen LogP contribution in [0.25, 0.3) is 0 Å². The maximum absolute atomic E-state index is 11.5. The topological polar surface area (TPSA) is 55.6 Å². The zero-order valence-electron chi connectivity index (χ0n) is 11.1. The summed E-state index contributed by atoms with van der Waals surface area (Å²) in [5.74, 6) is -0.313. The molecule has 1 aromatic rings. The Bertz CT molecular complexity index is 502. The number of hydrogen-bond donors (Lipinski definition) is 1. The Kier molecular flexibility index (Phi) is 4.50. The maximum atomic E-state index is 11.5. The number of esters is 1. The van der Waals surface area contributed by atoms with Crippen molar-refractivity contribution in [1.82, 2.24) is 4.90 Å². The van der Waals surface area contributed by atoms with Crippen molar-refractivity contribution in [3.05, 3.63) is 46.5 Å². The van der Waals surface area contributed by atoms with Gasteiger partial charge in [0.25, 0.3) is 0 Å². The standard InChI is InChI=1S/C14H18N2O2S/c1-3-12-9-16(14(15)19-12)8-10-5-4-6-11(7-10)13(17)18-2/h4-7,9,14H,3,8,15H2,1-2H3. The highest BCUT2D eigenvalue weighted by atomic mass is 32.2. The van der Waals surface area contributed by atoms with E-state index in [1.54, 1.807) is 17.8 Å². The second-order valence-electron chi connectivity index (χ2n) is 4.32. The summed E-state index contributed by atoms with van der Waals surface area (Å²) in [4.78, 5) is 14.9. The van der Waals surface area contributed by atoms with Crippen molar-refractivity contribution in [3.63, 3.8) is 0 Å². The molecule has 2 rings (SSSR count). The van der Waals surface area contributed by atoms with Crippen LogP contribution >= 0.6 is 11.8 Å². The van der Waals surface area contributed by atoms with Gasteiger partial charge in [0.15, 0.2) is 0 Å². The Balaban J connectivity index is 2.11. The summed E-state index contributed by atoms with van der Waals surface area (Å²) in [6.07, 6.45) is 3.09. The van der Waals surface area contributed by atoms with Crippen LogP contribution in [0.5, 0.6) is 0 Å². The molecule has 0 bridgehead atoms. The van der Waals surface area contributed by atoms with Crippen molar-refractivity contribution >= 4 is 17.7 Å². The SMILES string of the molecule is CCC1=CN(Cc2cccc(C(=O)OC)c2)C(N)S1. The Morgan fingerprint density at radius 1 is 1.53 bits per heavy atom. The van der Waals surface area contributed by atoms with E-state index in [1.165, 1.54) is 12.0 Å².